The first-order valence-electron chi connectivity index (χ1n) is 4.51. The number of allylic oxidation sites excluding steroid dienone is 4. The molecular formula is C11H22. The minimum absolute atomic E-state index is 1.15. The molecule has 0 aliphatic heterocycles. The lowest BCUT2D eigenvalue weighted by Crippen LogP contribution is -1.77. The molecule has 0 amide bonds. The SMILES string of the molecule is C/C=C\C(CC)=C(C)C.CC. The molecule has 0 aromatic heterocycles. The summed E-state index contributed by atoms with van der Waals surface area (Å²) in [4.78, 5) is 0. The molecule has 0 saturated heterocycles. The normalized spacial score (nSPS) is 8.91. The van der Waals surface area contributed by atoms with Crippen molar-refractivity contribution in [3.63, 3.8) is 0 Å². The van der Waals surface area contributed by atoms with Gasteiger partial charge in [0.25, 0.3) is 0 Å². The molecule has 0 bridgehead atoms. The Hall–Kier alpha value is -0.520. The minimum atomic E-state index is 1.15. The molecule has 0 aliphatic rings. The van der Waals surface area contributed by atoms with Crippen LogP contribution < -0.4 is 0 Å². The second-order valence-electron chi connectivity index (χ2n) is 2.38. The molecule has 0 unspecified atom stereocenters. The maximum atomic E-state index is 2.18. The highest BCUT2D eigenvalue weighted by molar-refractivity contribution is 5.22. The molecule has 0 aliphatic carbocycles. The summed E-state index contributed by atoms with van der Waals surface area (Å²) in [5.41, 5.74) is 2.88. The molecule has 0 fully saturated rings. The van der Waals surface area contributed by atoms with Crippen molar-refractivity contribution >= 4 is 0 Å². The predicted molar refractivity (Wildman–Crippen MR) is 54.8 cm³/mol. The van der Waals surface area contributed by atoms with Crippen molar-refractivity contribution in [2.45, 2.75) is 48.0 Å². The van der Waals surface area contributed by atoms with Crippen LogP contribution in [0.1, 0.15) is 48.0 Å². The first-order chi connectivity index (χ1) is 5.22. The van der Waals surface area contributed by atoms with E-state index < -0.39 is 0 Å². The Morgan fingerprint density at radius 3 is 1.73 bits per heavy atom. The first kappa shape index (κ1) is 13.1. The van der Waals surface area contributed by atoms with Gasteiger partial charge < -0.3 is 0 Å². The quantitative estimate of drug-likeness (QED) is 0.519. The third-order valence-electron chi connectivity index (χ3n) is 1.39. The number of hydrogen-bond acceptors (Lipinski definition) is 0. The largest absolute Gasteiger partial charge is 0.0874 e. The highest BCUT2D eigenvalue weighted by Gasteiger charge is 1.87. The van der Waals surface area contributed by atoms with E-state index >= 15 is 0 Å². The van der Waals surface area contributed by atoms with Gasteiger partial charge in [-0.1, -0.05) is 38.5 Å². The van der Waals surface area contributed by atoms with Crippen LogP contribution in [-0.2, 0) is 0 Å². The number of rotatable bonds is 2. The average Bonchev–Trinajstić information content (AvgIpc) is 2.03. The zero-order chi connectivity index (χ0) is 9.28. The maximum absolute atomic E-state index is 2.18. The van der Waals surface area contributed by atoms with Gasteiger partial charge in [-0.15, -0.1) is 0 Å². The van der Waals surface area contributed by atoms with E-state index in [-0.39, 0.29) is 0 Å². The lowest BCUT2D eigenvalue weighted by atomic mass is 10.1. The molecule has 0 radical (unpaired) electrons. The predicted octanol–water partition coefficient (Wildman–Crippen LogP) is 4.34. The van der Waals surface area contributed by atoms with Crippen molar-refractivity contribution in [2.24, 2.45) is 0 Å². The van der Waals surface area contributed by atoms with Crippen LogP contribution in [0.2, 0.25) is 0 Å². The lowest BCUT2D eigenvalue weighted by Gasteiger charge is -1.97. The monoisotopic (exact) mass is 154 g/mol. The molecule has 0 heteroatoms. The summed E-state index contributed by atoms with van der Waals surface area (Å²) in [6.07, 6.45) is 5.41. The molecule has 0 nitrogen and oxygen atoms in total. The van der Waals surface area contributed by atoms with Gasteiger partial charge >= 0.3 is 0 Å². The fourth-order valence-electron chi connectivity index (χ4n) is 0.839. The second kappa shape index (κ2) is 9.48. The molecule has 0 saturated carbocycles. The van der Waals surface area contributed by atoms with E-state index in [1.165, 1.54) is 11.1 Å². The Bertz CT molecular complexity index is 123. The van der Waals surface area contributed by atoms with Crippen LogP contribution in [0.25, 0.3) is 0 Å². The van der Waals surface area contributed by atoms with Crippen LogP contribution in [0.3, 0.4) is 0 Å². The molecule has 0 spiro atoms. The average molecular weight is 154 g/mol. The summed E-state index contributed by atoms with van der Waals surface area (Å²) >= 11 is 0. The number of hydrogen-bond donors (Lipinski definition) is 0. The molecule has 0 atom stereocenters. The van der Waals surface area contributed by atoms with Crippen LogP contribution in [0.4, 0.5) is 0 Å². The zero-order valence-corrected chi connectivity index (χ0v) is 8.86. The van der Waals surface area contributed by atoms with Gasteiger partial charge in [-0.25, -0.2) is 0 Å². The van der Waals surface area contributed by atoms with Crippen molar-refractivity contribution < 1.29 is 0 Å². The van der Waals surface area contributed by atoms with Gasteiger partial charge in [0.1, 0.15) is 0 Å². The van der Waals surface area contributed by atoms with E-state index in [0.717, 1.165) is 6.42 Å². The topological polar surface area (TPSA) is 0 Å². The lowest BCUT2D eigenvalue weighted by molar-refractivity contribution is 1.10. The zero-order valence-electron chi connectivity index (χ0n) is 8.86. The van der Waals surface area contributed by atoms with E-state index in [0.29, 0.717) is 0 Å². The second-order valence-corrected chi connectivity index (χ2v) is 2.38. The summed E-state index contributed by atoms with van der Waals surface area (Å²) in [6, 6.07) is 0. The van der Waals surface area contributed by atoms with Crippen LogP contribution in [0.5, 0.6) is 0 Å². The molecular weight excluding hydrogens is 132 g/mol. The molecule has 0 N–H and O–H groups in total. The Balaban J connectivity index is 0. The summed E-state index contributed by atoms with van der Waals surface area (Å²) in [7, 11) is 0. The Morgan fingerprint density at radius 2 is 1.64 bits per heavy atom. The van der Waals surface area contributed by atoms with Crippen molar-refractivity contribution in [3.8, 4) is 0 Å². The highest BCUT2D eigenvalue weighted by Crippen LogP contribution is 2.08. The van der Waals surface area contributed by atoms with Crippen molar-refractivity contribution in [3.05, 3.63) is 23.3 Å². The summed E-state index contributed by atoms with van der Waals surface area (Å²) in [5.74, 6) is 0. The van der Waals surface area contributed by atoms with Gasteiger partial charge in [-0.05, 0) is 32.8 Å². The fraction of sp³-hybridized carbons (Fsp3) is 0.636. The van der Waals surface area contributed by atoms with Gasteiger partial charge in [0.05, 0.1) is 0 Å². The molecule has 0 heterocycles. The molecule has 0 rings (SSSR count). The van der Waals surface area contributed by atoms with Crippen molar-refractivity contribution in [2.75, 3.05) is 0 Å². The van der Waals surface area contributed by atoms with Crippen LogP contribution >= 0.6 is 0 Å². The van der Waals surface area contributed by atoms with E-state index in [4.69, 9.17) is 0 Å². The molecule has 0 aromatic rings. The molecule has 0 aromatic carbocycles. The Morgan fingerprint density at radius 1 is 1.18 bits per heavy atom. The summed E-state index contributed by atoms with van der Waals surface area (Å²) < 4.78 is 0. The van der Waals surface area contributed by atoms with Gasteiger partial charge in [0, 0.05) is 0 Å². The highest BCUT2D eigenvalue weighted by atomic mass is 13.9. The van der Waals surface area contributed by atoms with Gasteiger partial charge in [-0.3, -0.25) is 0 Å². The third kappa shape index (κ3) is 7.38. The molecule has 66 valence electrons. The van der Waals surface area contributed by atoms with Crippen molar-refractivity contribution in [1.82, 2.24) is 0 Å². The smallest absolute Gasteiger partial charge is 0.0308 e. The Labute approximate surface area is 72.0 Å². The summed E-state index contributed by atoms with van der Waals surface area (Å²) in [5, 5.41) is 0. The van der Waals surface area contributed by atoms with E-state index in [1.54, 1.807) is 0 Å². The van der Waals surface area contributed by atoms with Crippen LogP contribution in [0.15, 0.2) is 23.3 Å². The van der Waals surface area contributed by atoms with Gasteiger partial charge in [-0.2, -0.15) is 0 Å². The van der Waals surface area contributed by atoms with E-state index in [9.17, 15) is 0 Å². The Kier molecular flexibility index (Phi) is 11.3. The van der Waals surface area contributed by atoms with Crippen LogP contribution in [-0.4, -0.2) is 0 Å². The van der Waals surface area contributed by atoms with Crippen molar-refractivity contribution in [1.29, 1.82) is 0 Å². The minimum Gasteiger partial charge on any atom is -0.0874 e. The van der Waals surface area contributed by atoms with Gasteiger partial charge in [0.2, 0.25) is 0 Å². The fourth-order valence-corrected chi connectivity index (χ4v) is 0.839. The van der Waals surface area contributed by atoms with E-state index in [2.05, 4.69) is 39.8 Å². The maximum Gasteiger partial charge on any atom is -0.0308 e. The summed E-state index contributed by atoms with van der Waals surface area (Å²) in [6.45, 7) is 12.5. The molecule has 11 heavy (non-hydrogen) atoms. The first-order valence-corrected chi connectivity index (χ1v) is 4.51. The van der Waals surface area contributed by atoms with Crippen LogP contribution in [0, 0.1) is 0 Å². The van der Waals surface area contributed by atoms with E-state index in [1.807, 2.05) is 13.8 Å². The van der Waals surface area contributed by atoms with Gasteiger partial charge in [0.15, 0.2) is 0 Å². The third-order valence-corrected chi connectivity index (χ3v) is 1.39. The standard InChI is InChI=1S/C9H16.C2H6/c1-5-7-9(6-2)8(3)4;1-2/h5,7H,6H2,1-4H3;1-2H3/b7-5-;.